The summed E-state index contributed by atoms with van der Waals surface area (Å²) in [6.07, 6.45) is 4.22. The lowest BCUT2D eigenvalue weighted by Gasteiger charge is -2.54. The van der Waals surface area contributed by atoms with E-state index in [0.717, 1.165) is 0 Å². The van der Waals surface area contributed by atoms with Gasteiger partial charge in [0.1, 0.15) is 22.7 Å². The molecule has 3 fully saturated rings. The quantitative estimate of drug-likeness (QED) is 0.520. The van der Waals surface area contributed by atoms with Gasteiger partial charge in [-0.2, -0.15) is 0 Å². The predicted molar refractivity (Wildman–Crippen MR) is 104 cm³/mol. The van der Waals surface area contributed by atoms with Crippen molar-refractivity contribution in [2.75, 3.05) is 39.6 Å². The summed E-state index contributed by atoms with van der Waals surface area (Å²) in [4.78, 5) is 24.7. The summed E-state index contributed by atoms with van der Waals surface area (Å²) in [7, 11) is 0. The summed E-state index contributed by atoms with van der Waals surface area (Å²) >= 11 is 0. The first-order valence-corrected chi connectivity index (χ1v) is 10.9. The Morgan fingerprint density at radius 1 is 0.710 bits per heavy atom. The third kappa shape index (κ3) is 3.43. The van der Waals surface area contributed by atoms with Crippen molar-refractivity contribution in [1.82, 2.24) is 0 Å². The summed E-state index contributed by atoms with van der Waals surface area (Å²) < 4.78 is 40.6. The van der Waals surface area contributed by atoms with E-state index >= 15 is 0 Å². The molecule has 0 aromatic rings. The van der Waals surface area contributed by atoms with Gasteiger partial charge in [-0.1, -0.05) is 0 Å². The van der Waals surface area contributed by atoms with Gasteiger partial charge in [0.15, 0.2) is 0 Å². The molecule has 5 aliphatic rings. The molecule has 0 aromatic carbocycles. The summed E-state index contributed by atoms with van der Waals surface area (Å²) in [5.41, 5.74) is -1.74. The summed E-state index contributed by atoms with van der Waals surface area (Å²) in [6.45, 7) is 5.53. The smallest absolute Gasteiger partial charge is 0.317 e. The van der Waals surface area contributed by atoms with Crippen molar-refractivity contribution in [3.05, 3.63) is 23.7 Å². The maximum absolute atomic E-state index is 12.4. The first kappa shape index (κ1) is 21.1. The van der Waals surface area contributed by atoms with E-state index in [-0.39, 0.29) is 37.4 Å². The number of rotatable bonds is 0. The molecule has 0 amide bonds. The van der Waals surface area contributed by atoms with E-state index < -0.39 is 23.0 Å². The Labute approximate surface area is 180 Å². The highest BCUT2D eigenvalue weighted by molar-refractivity contribution is 5.79. The lowest BCUT2D eigenvalue weighted by molar-refractivity contribution is -0.250. The van der Waals surface area contributed by atoms with Crippen molar-refractivity contribution in [1.29, 1.82) is 0 Å². The fourth-order valence-corrected chi connectivity index (χ4v) is 5.30. The minimum atomic E-state index is -0.868. The Morgan fingerprint density at radius 2 is 1.16 bits per heavy atom. The number of carbonyl (C=O) groups excluding carboxylic acids is 2. The maximum atomic E-state index is 12.4. The number of esters is 2. The van der Waals surface area contributed by atoms with Gasteiger partial charge in [0.05, 0.1) is 63.7 Å². The first-order chi connectivity index (χ1) is 14.9. The van der Waals surface area contributed by atoms with Crippen molar-refractivity contribution >= 4 is 11.9 Å². The van der Waals surface area contributed by atoms with E-state index in [1.54, 1.807) is 13.8 Å². The van der Waals surface area contributed by atoms with E-state index in [4.69, 9.17) is 33.2 Å². The normalized spacial score (nSPS) is 43.4. The van der Waals surface area contributed by atoms with Crippen LogP contribution in [0, 0.1) is 11.8 Å². The molecular weight excluding hydrogens is 408 g/mol. The zero-order chi connectivity index (χ0) is 21.6. The van der Waals surface area contributed by atoms with Crippen LogP contribution in [0.25, 0.3) is 0 Å². The third-order valence-electron chi connectivity index (χ3n) is 6.83. The molecule has 170 valence electrons. The van der Waals surface area contributed by atoms with Gasteiger partial charge >= 0.3 is 11.9 Å². The van der Waals surface area contributed by atoms with Crippen LogP contribution >= 0.6 is 0 Å². The minimum absolute atomic E-state index is 0.229. The third-order valence-corrected chi connectivity index (χ3v) is 6.83. The Bertz CT molecular complexity index is 754. The Hall–Kier alpha value is -1.78. The fourth-order valence-electron chi connectivity index (χ4n) is 5.30. The summed E-state index contributed by atoms with van der Waals surface area (Å²) in [5.74, 6) is -0.400. The van der Waals surface area contributed by atoms with Gasteiger partial charge in [0, 0.05) is 0 Å². The highest BCUT2D eigenvalue weighted by Gasteiger charge is 2.63. The Morgan fingerprint density at radius 3 is 1.61 bits per heavy atom. The second kappa shape index (κ2) is 7.97. The van der Waals surface area contributed by atoms with E-state index in [1.807, 2.05) is 12.2 Å². The summed E-state index contributed by atoms with van der Waals surface area (Å²) in [6, 6.07) is 0. The molecule has 6 unspecified atom stereocenters. The molecule has 0 radical (unpaired) electrons. The van der Waals surface area contributed by atoms with Crippen molar-refractivity contribution < 1.29 is 42.7 Å². The molecule has 0 aromatic heterocycles. The molecule has 9 heteroatoms. The number of ether oxygens (including phenoxy) is 7. The van der Waals surface area contributed by atoms with Gasteiger partial charge in [-0.25, -0.2) is 0 Å². The lowest BCUT2D eigenvalue weighted by Crippen LogP contribution is -2.67. The van der Waals surface area contributed by atoms with Crippen LogP contribution in [0.15, 0.2) is 23.7 Å². The zero-order valence-corrected chi connectivity index (χ0v) is 17.8. The molecule has 0 N–H and O–H groups in total. The zero-order valence-electron chi connectivity index (χ0n) is 17.8. The first-order valence-electron chi connectivity index (χ1n) is 10.9. The van der Waals surface area contributed by atoms with E-state index in [9.17, 15) is 9.59 Å². The number of hydrogen-bond donors (Lipinski definition) is 0. The standard InChI is InChI=1S/C22H28O9/c1-13-11-21-15(19(23)30-13)9-17(21)26-5-3-25-4-6-27-18-10-16-20(24)31-14(2)12-22(16,18)29-8-7-28-21/h11-12,15-18H,3-10H2,1-2H3. The second-order valence-corrected chi connectivity index (χ2v) is 8.66. The van der Waals surface area contributed by atoms with Crippen LogP contribution in [0.1, 0.15) is 26.7 Å². The molecular formula is C22H28O9. The molecule has 2 saturated carbocycles. The highest BCUT2D eigenvalue weighted by atomic mass is 16.6. The molecule has 3 aliphatic heterocycles. The van der Waals surface area contributed by atoms with Crippen molar-refractivity contribution in [2.24, 2.45) is 11.8 Å². The molecule has 6 atom stereocenters. The second-order valence-electron chi connectivity index (χ2n) is 8.66. The maximum Gasteiger partial charge on any atom is 0.317 e. The van der Waals surface area contributed by atoms with E-state index in [0.29, 0.717) is 50.8 Å². The van der Waals surface area contributed by atoms with Gasteiger partial charge in [-0.05, 0) is 38.8 Å². The summed E-state index contributed by atoms with van der Waals surface area (Å²) in [5, 5.41) is 0. The van der Waals surface area contributed by atoms with Crippen LogP contribution in [0.3, 0.4) is 0 Å². The van der Waals surface area contributed by atoms with Crippen LogP contribution in [0.5, 0.6) is 0 Å². The molecule has 31 heavy (non-hydrogen) atoms. The van der Waals surface area contributed by atoms with Gasteiger partial charge in [0.25, 0.3) is 0 Å². The number of carbonyl (C=O) groups is 2. The molecule has 1 saturated heterocycles. The van der Waals surface area contributed by atoms with Gasteiger partial charge in [-0.15, -0.1) is 0 Å². The van der Waals surface area contributed by atoms with Gasteiger partial charge in [-0.3, -0.25) is 9.59 Å². The topological polar surface area (TPSA) is 98.8 Å². The van der Waals surface area contributed by atoms with E-state index in [1.165, 1.54) is 0 Å². The van der Waals surface area contributed by atoms with Crippen LogP contribution in [-0.2, 0) is 42.7 Å². The molecule has 9 nitrogen and oxygen atoms in total. The molecule has 0 bridgehead atoms. The van der Waals surface area contributed by atoms with E-state index in [2.05, 4.69) is 0 Å². The van der Waals surface area contributed by atoms with Gasteiger partial charge < -0.3 is 33.2 Å². The lowest BCUT2D eigenvalue weighted by atomic mass is 9.65. The Balaban J connectivity index is 1.36. The molecule has 2 aliphatic carbocycles. The minimum Gasteiger partial charge on any atom is -0.431 e. The average Bonchev–Trinajstić information content (AvgIpc) is 2.69. The largest absolute Gasteiger partial charge is 0.431 e. The van der Waals surface area contributed by atoms with Crippen LogP contribution in [-0.4, -0.2) is 75.0 Å². The van der Waals surface area contributed by atoms with Crippen molar-refractivity contribution in [3.8, 4) is 0 Å². The highest BCUT2D eigenvalue weighted by Crippen LogP contribution is 2.50. The molecule has 2 spiro atoms. The average molecular weight is 436 g/mol. The number of allylic oxidation sites excluding steroid dienone is 2. The molecule has 5 rings (SSSR count). The van der Waals surface area contributed by atoms with Gasteiger partial charge in [0.2, 0.25) is 0 Å². The predicted octanol–water partition coefficient (Wildman–Crippen LogP) is 1.26. The fraction of sp³-hybridized carbons (Fsp3) is 0.727. The number of hydrogen-bond acceptors (Lipinski definition) is 9. The number of cyclic esters (lactones) is 2. The monoisotopic (exact) mass is 436 g/mol. The Kier molecular flexibility index (Phi) is 5.42. The van der Waals surface area contributed by atoms with Crippen molar-refractivity contribution in [3.63, 3.8) is 0 Å². The van der Waals surface area contributed by atoms with Crippen molar-refractivity contribution in [2.45, 2.75) is 50.1 Å². The SMILES string of the molecule is CC1=CC23OCCOC45C=C(C)OC(=O)C4CC5OCCOCCOC2CC3C(=O)O1. The molecule has 3 heterocycles. The van der Waals surface area contributed by atoms with Crippen LogP contribution in [0.2, 0.25) is 0 Å². The van der Waals surface area contributed by atoms with Crippen LogP contribution < -0.4 is 0 Å². The van der Waals surface area contributed by atoms with Crippen LogP contribution in [0.4, 0.5) is 0 Å².